The molecule has 130 valence electrons. The number of nitrogens with one attached hydrogen (secondary N) is 1. The fourth-order valence-electron chi connectivity index (χ4n) is 2.10. The fourth-order valence-corrected chi connectivity index (χ4v) is 2.10. The average molecular weight is 323 g/mol. The van der Waals surface area contributed by atoms with Crippen molar-refractivity contribution in [2.45, 2.75) is 45.8 Å². The van der Waals surface area contributed by atoms with E-state index in [9.17, 15) is 9.90 Å². The summed E-state index contributed by atoms with van der Waals surface area (Å²) in [6.45, 7) is 7.19. The Morgan fingerprint density at radius 3 is 2.65 bits per heavy atom. The topological polar surface area (TPSA) is 67.8 Å². The van der Waals surface area contributed by atoms with Crippen molar-refractivity contribution in [2.75, 3.05) is 20.3 Å². The van der Waals surface area contributed by atoms with Crippen molar-refractivity contribution in [3.8, 4) is 5.75 Å². The lowest BCUT2D eigenvalue weighted by Gasteiger charge is -2.18. The van der Waals surface area contributed by atoms with Gasteiger partial charge in [-0.05, 0) is 43.9 Å². The zero-order valence-electron chi connectivity index (χ0n) is 14.5. The smallest absolute Gasteiger partial charge is 0.337 e. The van der Waals surface area contributed by atoms with E-state index in [1.54, 1.807) is 24.3 Å². The normalized spacial score (nSPS) is 13.7. The molecule has 0 unspecified atom stereocenters. The Balaban J connectivity index is 2.33. The number of methoxy groups -OCH3 is 1. The molecule has 0 aliphatic heterocycles. The molecule has 0 aromatic heterocycles. The van der Waals surface area contributed by atoms with E-state index in [-0.39, 0.29) is 6.61 Å². The van der Waals surface area contributed by atoms with Crippen LogP contribution < -0.4 is 10.1 Å². The van der Waals surface area contributed by atoms with Crippen molar-refractivity contribution < 1.29 is 19.4 Å². The van der Waals surface area contributed by atoms with Crippen LogP contribution in [0, 0.1) is 5.92 Å². The molecule has 5 heteroatoms. The highest BCUT2D eigenvalue weighted by Gasteiger charge is 2.10. The molecule has 1 rings (SSSR count). The molecule has 0 radical (unpaired) electrons. The number of carbonyl (C=O) groups is 1. The minimum atomic E-state index is -0.599. The zero-order chi connectivity index (χ0) is 17.2. The Hall–Kier alpha value is -1.59. The first-order valence-corrected chi connectivity index (χ1v) is 8.15. The van der Waals surface area contributed by atoms with Gasteiger partial charge in [-0.2, -0.15) is 0 Å². The Labute approximate surface area is 139 Å². The lowest BCUT2D eigenvalue weighted by Crippen LogP contribution is -2.36. The summed E-state index contributed by atoms with van der Waals surface area (Å²) in [5.74, 6) is 0.825. The second-order valence-corrected chi connectivity index (χ2v) is 6.26. The fraction of sp³-hybridized carbons (Fsp3) is 0.611. The molecule has 0 fully saturated rings. The molecule has 5 nitrogen and oxygen atoms in total. The first-order valence-electron chi connectivity index (χ1n) is 8.15. The van der Waals surface area contributed by atoms with Crippen molar-refractivity contribution in [3.05, 3.63) is 29.8 Å². The molecule has 2 atom stereocenters. The summed E-state index contributed by atoms with van der Waals surface area (Å²) in [5, 5.41) is 13.3. The van der Waals surface area contributed by atoms with Crippen LogP contribution in [-0.4, -0.2) is 43.5 Å². The van der Waals surface area contributed by atoms with E-state index in [0.717, 1.165) is 6.42 Å². The van der Waals surface area contributed by atoms with Gasteiger partial charge in [0, 0.05) is 12.6 Å². The van der Waals surface area contributed by atoms with Gasteiger partial charge in [0.25, 0.3) is 0 Å². The third kappa shape index (κ3) is 8.00. The number of rotatable bonds is 10. The molecule has 0 aliphatic rings. The first kappa shape index (κ1) is 19.5. The third-order valence-electron chi connectivity index (χ3n) is 3.58. The van der Waals surface area contributed by atoms with E-state index in [1.165, 1.54) is 13.5 Å². The van der Waals surface area contributed by atoms with Crippen LogP contribution in [0.2, 0.25) is 0 Å². The van der Waals surface area contributed by atoms with E-state index in [2.05, 4.69) is 30.8 Å². The number of carbonyl (C=O) groups excluding carboxylic acids is 1. The van der Waals surface area contributed by atoms with Gasteiger partial charge in [-0.25, -0.2) is 4.79 Å². The van der Waals surface area contributed by atoms with Gasteiger partial charge in [0.1, 0.15) is 18.5 Å². The summed E-state index contributed by atoms with van der Waals surface area (Å²) in [5.41, 5.74) is 0.430. The van der Waals surface area contributed by atoms with Crippen LogP contribution in [0.25, 0.3) is 0 Å². The number of esters is 1. The number of hydrogen-bond acceptors (Lipinski definition) is 5. The predicted molar refractivity (Wildman–Crippen MR) is 90.8 cm³/mol. The SMILES string of the molecule is COC(=O)c1cccc(OC[C@H](O)CN[C@H](C)CCC(C)C)c1. The predicted octanol–water partition coefficient (Wildman–Crippen LogP) is 2.63. The van der Waals surface area contributed by atoms with Crippen LogP contribution in [0.1, 0.15) is 44.0 Å². The van der Waals surface area contributed by atoms with Gasteiger partial charge in [-0.1, -0.05) is 19.9 Å². The van der Waals surface area contributed by atoms with Gasteiger partial charge in [-0.3, -0.25) is 0 Å². The highest BCUT2D eigenvalue weighted by molar-refractivity contribution is 5.89. The number of benzene rings is 1. The van der Waals surface area contributed by atoms with Crippen LogP contribution in [0.15, 0.2) is 24.3 Å². The molecule has 0 saturated carbocycles. The largest absolute Gasteiger partial charge is 0.491 e. The molecule has 0 heterocycles. The first-order chi connectivity index (χ1) is 10.9. The summed E-state index contributed by atoms with van der Waals surface area (Å²) in [4.78, 5) is 11.5. The van der Waals surface area contributed by atoms with Crippen LogP contribution in [0.5, 0.6) is 5.75 Å². The number of ether oxygens (including phenoxy) is 2. The molecular formula is C18H29NO4. The highest BCUT2D eigenvalue weighted by Crippen LogP contribution is 2.14. The molecule has 0 amide bonds. The standard InChI is InChI=1S/C18H29NO4/c1-13(2)8-9-14(3)19-11-16(20)12-23-17-7-5-6-15(10-17)18(21)22-4/h5-7,10,13-14,16,19-20H,8-9,11-12H2,1-4H3/t14-,16-/m1/s1. The monoisotopic (exact) mass is 323 g/mol. The number of hydrogen-bond donors (Lipinski definition) is 2. The van der Waals surface area contributed by atoms with Crippen molar-refractivity contribution in [1.29, 1.82) is 0 Å². The van der Waals surface area contributed by atoms with Crippen LogP contribution >= 0.6 is 0 Å². The van der Waals surface area contributed by atoms with Crippen molar-refractivity contribution in [1.82, 2.24) is 5.32 Å². The molecule has 23 heavy (non-hydrogen) atoms. The molecule has 0 saturated heterocycles. The molecule has 1 aromatic carbocycles. The average Bonchev–Trinajstić information content (AvgIpc) is 2.55. The molecule has 2 N–H and O–H groups in total. The number of aliphatic hydroxyl groups is 1. The summed E-state index contributed by atoms with van der Waals surface area (Å²) in [6, 6.07) is 7.11. The Kier molecular flexibility index (Phi) is 8.66. The van der Waals surface area contributed by atoms with E-state index in [0.29, 0.717) is 29.8 Å². The summed E-state index contributed by atoms with van der Waals surface area (Å²) in [6.07, 6.45) is 1.66. The van der Waals surface area contributed by atoms with Crippen molar-refractivity contribution in [2.24, 2.45) is 5.92 Å². The van der Waals surface area contributed by atoms with Gasteiger partial charge >= 0.3 is 5.97 Å². The van der Waals surface area contributed by atoms with E-state index < -0.39 is 12.1 Å². The minimum Gasteiger partial charge on any atom is -0.491 e. The lowest BCUT2D eigenvalue weighted by molar-refractivity contribution is 0.0600. The molecule has 0 bridgehead atoms. The van der Waals surface area contributed by atoms with Crippen molar-refractivity contribution >= 4 is 5.97 Å². The van der Waals surface area contributed by atoms with Crippen LogP contribution in [0.3, 0.4) is 0 Å². The quantitative estimate of drug-likeness (QED) is 0.648. The van der Waals surface area contributed by atoms with Crippen LogP contribution in [-0.2, 0) is 4.74 Å². The maximum atomic E-state index is 11.5. The maximum absolute atomic E-state index is 11.5. The Morgan fingerprint density at radius 2 is 2.00 bits per heavy atom. The Bertz CT molecular complexity index is 476. The van der Waals surface area contributed by atoms with Gasteiger partial charge in [0.2, 0.25) is 0 Å². The van der Waals surface area contributed by atoms with Gasteiger partial charge in [0.15, 0.2) is 0 Å². The number of aliphatic hydroxyl groups excluding tert-OH is 1. The van der Waals surface area contributed by atoms with Crippen molar-refractivity contribution in [3.63, 3.8) is 0 Å². The molecule has 0 spiro atoms. The van der Waals surface area contributed by atoms with Gasteiger partial charge in [0.05, 0.1) is 12.7 Å². The lowest BCUT2D eigenvalue weighted by atomic mass is 10.0. The summed E-state index contributed by atoms with van der Waals surface area (Å²) in [7, 11) is 1.34. The van der Waals surface area contributed by atoms with Gasteiger partial charge < -0.3 is 19.9 Å². The van der Waals surface area contributed by atoms with E-state index >= 15 is 0 Å². The third-order valence-corrected chi connectivity index (χ3v) is 3.58. The van der Waals surface area contributed by atoms with E-state index in [4.69, 9.17) is 4.74 Å². The van der Waals surface area contributed by atoms with Gasteiger partial charge in [-0.15, -0.1) is 0 Å². The molecular weight excluding hydrogens is 294 g/mol. The molecule has 1 aromatic rings. The Morgan fingerprint density at radius 1 is 1.26 bits per heavy atom. The maximum Gasteiger partial charge on any atom is 0.337 e. The summed E-state index contributed by atoms with van der Waals surface area (Å²) >= 11 is 0. The second kappa shape index (κ2) is 10.2. The zero-order valence-corrected chi connectivity index (χ0v) is 14.5. The van der Waals surface area contributed by atoms with E-state index in [1.807, 2.05) is 0 Å². The van der Waals surface area contributed by atoms with Crippen LogP contribution in [0.4, 0.5) is 0 Å². The minimum absolute atomic E-state index is 0.175. The second-order valence-electron chi connectivity index (χ2n) is 6.26. The summed E-state index contributed by atoms with van der Waals surface area (Å²) < 4.78 is 10.2. The molecule has 0 aliphatic carbocycles. The highest BCUT2D eigenvalue weighted by atomic mass is 16.5.